The molecular weight excluding hydrogens is 366 g/mol. The van der Waals surface area contributed by atoms with Crippen LogP contribution in [0.15, 0.2) is 36.4 Å². The minimum Gasteiger partial charge on any atom is -0.481 e. The van der Waals surface area contributed by atoms with Crippen molar-refractivity contribution in [3.63, 3.8) is 0 Å². The number of nitrogens with one attached hydrogen (secondary N) is 1. The van der Waals surface area contributed by atoms with Gasteiger partial charge in [-0.05, 0) is 68.7 Å². The standard InChI is InChI=1S/C21H24ClNO4/c1-5-19(27-16-9-7-13(3)14(4)11-16)20(24)23-18-10-8-15(12-17(18)22)21(25)26-6-2/h7-12,19H,5-6H2,1-4H3,(H,23,24)/t19-/m0/s1. The van der Waals surface area contributed by atoms with Crippen molar-refractivity contribution in [2.75, 3.05) is 11.9 Å². The molecule has 1 N–H and O–H groups in total. The number of hydrogen-bond donors (Lipinski definition) is 1. The Bertz CT molecular complexity index is 835. The molecule has 0 unspecified atom stereocenters. The molecule has 0 aliphatic carbocycles. The van der Waals surface area contributed by atoms with E-state index in [1.54, 1.807) is 19.1 Å². The van der Waals surface area contributed by atoms with Crippen molar-refractivity contribution in [1.29, 1.82) is 0 Å². The van der Waals surface area contributed by atoms with Crippen LogP contribution in [0.1, 0.15) is 41.8 Å². The van der Waals surface area contributed by atoms with Gasteiger partial charge in [-0.25, -0.2) is 4.79 Å². The maximum Gasteiger partial charge on any atom is 0.338 e. The number of halogens is 1. The number of hydrogen-bond acceptors (Lipinski definition) is 4. The van der Waals surface area contributed by atoms with Gasteiger partial charge in [0.2, 0.25) is 0 Å². The van der Waals surface area contributed by atoms with Crippen LogP contribution in [-0.2, 0) is 9.53 Å². The van der Waals surface area contributed by atoms with Gasteiger partial charge >= 0.3 is 5.97 Å². The average Bonchev–Trinajstić information content (AvgIpc) is 2.64. The maximum absolute atomic E-state index is 12.6. The largest absolute Gasteiger partial charge is 0.481 e. The summed E-state index contributed by atoms with van der Waals surface area (Å²) in [6.07, 6.45) is -0.162. The molecule has 5 nitrogen and oxygen atoms in total. The molecule has 0 bridgehead atoms. The molecule has 2 aromatic rings. The predicted octanol–water partition coefficient (Wildman–Crippen LogP) is 4.93. The number of carbonyl (C=O) groups excluding carboxylic acids is 2. The van der Waals surface area contributed by atoms with Crippen LogP contribution in [0.3, 0.4) is 0 Å². The predicted molar refractivity (Wildman–Crippen MR) is 107 cm³/mol. The number of aryl methyl sites for hydroxylation is 2. The topological polar surface area (TPSA) is 64.6 Å². The molecule has 0 heterocycles. The lowest BCUT2D eigenvalue weighted by Crippen LogP contribution is -2.32. The Morgan fingerprint density at radius 1 is 1.07 bits per heavy atom. The van der Waals surface area contributed by atoms with Gasteiger partial charge in [-0.15, -0.1) is 0 Å². The van der Waals surface area contributed by atoms with E-state index in [2.05, 4.69) is 5.32 Å². The zero-order chi connectivity index (χ0) is 20.0. The molecule has 0 aliphatic heterocycles. The van der Waals surface area contributed by atoms with E-state index in [1.165, 1.54) is 6.07 Å². The van der Waals surface area contributed by atoms with Crippen LogP contribution in [-0.4, -0.2) is 24.6 Å². The van der Waals surface area contributed by atoms with Gasteiger partial charge in [0.25, 0.3) is 5.91 Å². The van der Waals surface area contributed by atoms with E-state index < -0.39 is 12.1 Å². The molecule has 2 rings (SSSR count). The summed E-state index contributed by atoms with van der Waals surface area (Å²) in [6.45, 7) is 7.90. The molecule has 0 aliphatic rings. The summed E-state index contributed by atoms with van der Waals surface area (Å²) in [6, 6.07) is 10.3. The number of benzene rings is 2. The van der Waals surface area contributed by atoms with E-state index in [4.69, 9.17) is 21.1 Å². The number of amides is 1. The highest BCUT2D eigenvalue weighted by molar-refractivity contribution is 6.34. The van der Waals surface area contributed by atoms with Crippen molar-refractivity contribution in [2.45, 2.75) is 40.2 Å². The Morgan fingerprint density at radius 3 is 2.41 bits per heavy atom. The summed E-state index contributed by atoms with van der Waals surface area (Å²) < 4.78 is 10.8. The van der Waals surface area contributed by atoms with Crippen molar-refractivity contribution in [3.8, 4) is 5.75 Å². The van der Waals surface area contributed by atoms with Crippen LogP contribution in [0.5, 0.6) is 5.75 Å². The first-order valence-electron chi connectivity index (χ1n) is 8.87. The molecule has 1 atom stereocenters. The summed E-state index contributed by atoms with van der Waals surface area (Å²) in [7, 11) is 0. The molecule has 6 heteroatoms. The summed E-state index contributed by atoms with van der Waals surface area (Å²) in [5, 5.41) is 3.02. The van der Waals surface area contributed by atoms with Crippen LogP contribution in [0, 0.1) is 13.8 Å². The highest BCUT2D eigenvalue weighted by atomic mass is 35.5. The van der Waals surface area contributed by atoms with E-state index in [0.29, 0.717) is 23.4 Å². The molecule has 0 spiro atoms. The van der Waals surface area contributed by atoms with Gasteiger partial charge in [0.05, 0.1) is 22.9 Å². The normalized spacial score (nSPS) is 11.6. The van der Waals surface area contributed by atoms with Gasteiger partial charge in [-0.1, -0.05) is 24.6 Å². The lowest BCUT2D eigenvalue weighted by atomic mass is 10.1. The fourth-order valence-electron chi connectivity index (χ4n) is 2.44. The molecule has 0 saturated heterocycles. The molecule has 27 heavy (non-hydrogen) atoms. The van der Waals surface area contributed by atoms with Gasteiger partial charge in [-0.2, -0.15) is 0 Å². The molecule has 0 fully saturated rings. The highest BCUT2D eigenvalue weighted by Crippen LogP contribution is 2.25. The zero-order valence-electron chi connectivity index (χ0n) is 16.0. The van der Waals surface area contributed by atoms with Crippen LogP contribution >= 0.6 is 11.6 Å². The Morgan fingerprint density at radius 2 is 1.81 bits per heavy atom. The Labute approximate surface area is 164 Å². The second kappa shape index (κ2) is 9.42. The minimum absolute atomic E-state index is 0.259. The molecule has 0 aromatic heterocycles. The first-order valence-corrected chi connectivity index (χ1v) is 9.25. The highest BCUT2D eigenvalue weighted by Gasteiger charge is 2.20. The lowest BCUT2D eigenvalue weighted by Gasteiger charge is -2.18. The van der Waals surface area contributed by atoms with Crippen molar-refractivity contribution in [3.05, 3.63) is 58.1 Å². The summed E-state index contributed by atoms with van der Waals surface area (Å²) >= 11 is 6.20. The minimum atomic E-state index is -0.659. The monoisotopic (exact) mass is 389 g/mol. The summed E-state index contributed by atoms with van der Waals surface area (Å²) in [4.78, 5) is 24.3. The van der Waals surface area contributed by atoms with E-state index in [9.17, 15) is 9.59 Å². The number of rotatable bonds is 7. The summed E-state index contributed by atoms with van der Waals surface area (Å²) in [5.41, 5.74) is 3.00. The Balaban J connectivity index is 2.09. The quantitative estimate of drug-likeness (QED) is 0.682. The third-order valence-electron chi connectivity index (χ3n) is 4.16. The van der Waals surface area contributed by atoms with Gasteiger partial charge in [0.15, 0.2) is 6.10 Å². The molecule has 0 saturated carbocycles. The average molecular weight is 390 g/mol. The Kier molecular flexibility index (Phi) is 7.25. The van der Waals surface area contributed by atoms with E-state index >= 15 is 0 Å². The van der Waals surface area contributed by atoms with Gasteiger partial charge in [-0.3, -0.25) is 4.79 Å². The van der Waals surface area contributed by atoms with Crippen LogP contribution < -0.4 is 10.1 Å². The van der Waals surface area contributed by atoms with Crippen molar-refractivity contribution >= 4 is 29.2 Å². The van der Waals surface area contributed by atoms with E-state index in [0.717, 1.165) is 11.1 Å². The number of ether oxygens (including phenoxy) is 2. The van der Waals surface area contributed by atoms with E-state index in [-0.39, 0.29) is 17.5 Å². The number of anilines is 1. The fraction of sp³-hybridized carbons (Fsp3) is 0.333. The first-order chi connectivity index (χ1) is 12.8. The second-order valence-electron chi connectivity index (χ2n) is 6.17. The smallest absolute Gasteiger partial charge is 0.338 e. The van der Waals surface area contributed by atoms with Crippen molar-refractivity contribution in [1.82, 2.24) is 0 Å². The van der Waals surface area contributed by atoms with Gasteiger partial charge in [0, 0.05) is 0 Å². The van der Waals surface area contributed by atoms with Gasteiger partial charge in [0.1, 0.15) is 5.75 Å². The molecule has 0 radical (unpaired) electrons. The fourth-order valence-corrected chi connectivity index (χ4v) is 2.67. The third-order valence-corrected chi connectivity index (χ3v) is 4.47. The molecular formula is C21H24ClNO4. The number of carbonyl (C=O) groups is 2. The Hall–Kier alpha value is -2.53. The van der Waals surface area contributed by atoms with Crippen molar-refractivity contribution < 1.29 is 19.1 Å². The molecule has 1 amide bonds. The first kappa shape index (κ1) is 20.8. The number of esters is 1. The van der Waals surface area contributed by atoms with Crippen LogP contribution in [0.2, 0.25) is 5.02 Å². The summed E-state index contributed by atoms with van der Waals surface area (Å²) in [5.74, 6) is -0.118. The zero-order valence-corrected chi connectivity index (χ0v) is 16.7. The van der Waals surface area contributed by atoms with Crippen LogP contribution in [0.4, 0.5) is 5.69 Å². The van der Waals surface area contributed by atoms with E-state index in [1.807, 2.05) is 39.0 Å². The molecule has 2 aromatic carbocycles. The van der Waals surface area contributed by atoms with Crippen molar-refractivity contribution in [2.24, 2.45) is 0 Å². The lowest BCUT2D eigenvalue weighted by molar-refractivity contribution is -0.122. The second-order valence-corrected chi connectivity index (χ2v) is 6.57. The molecule has 144 valence electrons. The SMILES string of the molecule is CCOC(=O)c1ccc(NC(=O)[C@H](CC)Oc2ccc(C)c(C)c2)c(Cl)c1. The maximum atomic E-state index is 12.6. The third kappa shape index (κ3) is 5.47. The van der Waals surface area contributed by atoms with Gasteiger partial charge < -0.3 is 14.8 Å². The van der Waals surface area contributed by atoms with Crippen LogP contribution in [0.25, 0.3) is 0 Å².